The highest BCUT2D eigenvalue weighted by Crippen LogP contribution is 2.56. The molecule has 27 heavy (non-hydrogen) atoms. The molecule has 0 fully saturated rings. The molecule has 1 unspecified atom stereocenters. The fourth-order valence-corrected chi connectivity index (χ4v) is 6.49. The van der Waals surface area contributed by atoms with Crippen molar-refractivity contribution >= 4 is 34.8 Å². The zero-order valence-electron chi connectivity index (χ0n) is 16.0. The molecule has 2 heteroatoms. The van der Waals surface area contributed by atoms with E-state index in [-0.39, 0.29) is 13.1 Å². The molecule has 134 valence electrons. The van der Waals surface area contributed by atoms with E-state index in [0.717, 1.165) is 12.1 Å². The molecule has 5 rings (SSSR count). The van der Waals surface area contributed by atoms with Crippen molar-refractivity contribution in [1.29, 1.82) is 0 Å². The fraction of sp³-hybridized carbons (Fsp3) is 0.200. The summed E-state index contributed by atoms with van der Waals surface area (Å²) in [4.78, 5) is 0. The molecule has 4 aromatic carbocycles. The molecule has 1 aliphatic rings. The van der Waals surface area contributed by atoms with Crippen molar-refractivity contribution in [2.24, 2.45) is 0 Å². The summed E-state index contributed by atoms with van der Waals surface area (Å²) in [5.74, 6) is 1.07. The van der Waals surface area contributed by atoms with Gasteiger partial charge < -0.3 is 4.74 Å². The Hall–Kier alpha value is -2.37. The van der Waals surface area contributed by atoms with Crippen LogP contribution in [0.2, 0.25) is 0 Å². The Kier molecular flexibility index (Phi) is 3.78. The summed E-state index contributed by atoms with van der Waals surface area (Å²) >= 11 is 0. The minimum atomic E-state index is -0.379. The van der Waals surface area contributed by atoms with Gasteiger partial charge in [0.2, 0.25) is 0 Å². The van der Waals surface area contributed by atoms with Gasteiger partial charge in [-0.25, -0.2) is 0 Å². The Labute approximate surface area is 161 Å². The largest absolute Gasteiger partial charge is 0.488 e. The van der Waals surface area contributed by atoms with Crippen molar-refractivity contribution in [3.63, 3.8) is 0 Å². The first-order chi connectivity index (χ1) is 13.0. The molecule has 0 saturated heterocycles. The van der Waals surface area contributed by atoms with E-state index in [1.165, 1.54) is 38.0 Å². The summed E-state index contributed by atoms with van der Waals surface area (Å²) in [7, 11) is -0.379. The molecule has 0 aliphatic carbocycles. The maximum Gasteiger partial charge on any atom is 0.128 e. The van der Waals surface area contributed by atoms with Crippen LogP contribution in [0.4, 0.5) is 0 Å². The fourth-order valence-electron chi connectivity index (χ4n) is 4.15. The Balaban J connectivity index is 1.92. The standard InChI is InChI=1S/C25H23OP/c1-25(2,3)27-16-26-22-14-8-13-21(24(22)27)23-19-11-6-4-9-17(19)15-18-10-5-7-12-20(18)23/h4-15H,16H2,1-3H3. The van der Waals surface area contributed by atoms with E-state index < -0.39 is 0 Å². The number of hydrogen-bond donors (Lipinski definition) is 0. The lowest BCUT2D eigenvalue weighted by atomic mass is 9.92. The molecule has 0 aromatic heterocycles. The topological polar surface area (TPSA) is 9.23 Å². The Morgan fingerprint density at radius 3 is 2.04 bits per heavy atom. The summed E-state index contributed by atoms with van der Waals surface area (Å²) in [5.41, 5.74) is 2.70. The van der Waals surface area contributed by atoms with Crippen molar-refractivity contribution in [2.75, 3.05) is 6.35 Å². The smallest absolute Gasteiger partial charge is 0.128 e. The second-order valence-electron chi connectivity index (χ2n) is 8.22. The van der Waals surface area contributed by atoms with Crippen molar-refractivity contribution in [3.8, 4) is 16.9 Å². The lowest BCUT2D eigenvalue weighted by Gasteiger charge is -2.28. The minimum Gasteiger partial charge on any atom is -0.488 e. The molecular formula is C25H23OP. The highest BCUT2D eigenvalue weighted by atomic mass is 31.1. The van der Waals surface area contributed by atoms with E-state index in [4.69, 9.17) is 4.74 Å². The molecule has 1 nitrogen and oxygen atoms in total. The predicted molar refractivity (Wildman–Crippen MR) is 119 cm³/mol. The molecule has 0 radical (unpaired) electrons. The van der Waals surface area contributed by atoms with E-state index in [1.54, 1.807) is 0 Å². The van der Waals surface area contributed by atoms with Gasteiger partial charge in [0.05, 0.1) is 0 Å². The van der Waals surface area contributed by atoms with Gasteiger partial charge in [-0.3, -0.25) is 0 Å². The summed E-state index contributed by atoms with van der Waals surface area (Å²) in [5, 5.41) is 6.88. The van der Waals surface area contributed by atoms with Crippen LogP contribution in [-0.2, 0) is 0 Å². The zero-order valence-corrected chi connectivity index (χ0v) is 16.9. The second kappa shape index (κ2) is 6.08. The third-order valence-corrected chi connectivity index (χ3v) is 8.48. The quantitative estimate of drug-likeness (QED) is 0.261. The van der Waals surface area contributed by atoms with Crippen molar-refractivity contribution in [3.05, 3.63) is 72.8 Å². The average Bonchev–Trinajstić information content (AvgIpc) is 3.11. The summed E-state index contributed by atoms with van der Waals surface area (Å²) in [6.07, 6.45) is 0.827. The maximum absolute atomic E-state index is 6.15. The van der Waals surface area contributed by atoms with Crippen LogP contribution in [0.3, 0.4) is 0 Å². The molecular weight excluding hydrogens is 347 g/mol. The molecule has 1 atom stereocenters. The summed E-state index contributed by atoms with van der Waals surface area (Å²) < 4.78 is 6.15. The van der Waals surface area contributed by atoms with Crippen LogP contribution in [0.25, 0.3) is 32.7 Å². The van der Waals surface area contributed by atoms with Crippen LogP contribution < -0.4 is 10.0 Å². The average molecular weight is 370 g/mol. The monoisotopic (exact) mass is 370 g/mol. The molecule has 0 bridgehead atoms. The number of ether oxygens (including phenoxy) is 1. The Morgan fingerprint density at radius 1 is 0.778 bits per heavy atom. The summed E-state index contributed by atoms with van der Waals surface area (Å²) in [6.45, 7) is 7.03. The van der Waals surface area contributed by atoms with Gasteiger partial charge in [0.1, 0.15) is 12.1 Å². The van der Waals surface area contributed by atoms with Crippen molar-refractivity contribution in [1.82, 2.24) is 0 Å². The van der Waals surface area contributed by atoms with Crippen LogP contribution in [0.15, 0.2) is 72.8 Å². The molecule has 4 aromatic rings. The molecule has 0 amide bonds. The van der Waals surface area contributed by atoms with E-state index in [1.807, 2.05) is 0 Å². The van der Waals surface area contributed by atoms with E-state index in [0.29, 0.717) is 0 Å². The van der Waals surface area contributed by atoms with Gasteiger partial charge in [0, 0.05) is 5.30 Å². The molecule has 1 aliphatic heterocycles. The van der Waals surface area contributed by atoms with Gasteiger partial charge in [-0.05, 0) is 57.9 Å². The van der Waals surface area contributed by atoms with Gasteiger partial charge in [-0.1, -0.05) is 81.4 Å². The molecule has 0 saturated carbocycles. The van der Waals surface area contributed by atoms with Crippen molar-refractivity contribution < 1.29 is 4.74 Å². The minimum absolute atomic E-state index is 0.219. The van der Waals surface area contributed by atoms with Gasteiger partial charge in [-0.15, -0.1) is 0 Å². The first-order valence-corrected chi connectivity index (χ1v) is 11.0. The van der Waals surface area contributed by atoms with Crippen LogP contribution in [-0.4, -0.2) is 11.5 Å². The molecule has 0 spiro atoms. The Bertz CT molecular complexity index is 1120. The van der Waals surface area contributed by atoms with Gasteiger partial charge >= 0.3 is 0 Å². The number of hydrogen-bond acceptors (Lipinski definition) is 1. The van der Waals surface area contributed by atoms with Crippen LogP contribution in [0.5, 0.6) is 5.75 Å². The lowest BCUT2D eigenvalue weighted by Crippen LogP contribution is -2.19. The zero-order chi connectivity index (χ0) is 18.6. The number of benzene rings is 4. The maximum atomic E-state index is 6.15. The van der Waals surface area contributed by atoms with E-state index in [9.17, 15) is 0 Å². The number of fused-ring (bicyclic) bond motifs is 3. The van der Waals surface area contributed by atoms with Gasteiger partial charge in [0.25, 0.3) is 0 Å². The van der Waals surface area contributed by atoms with Crippen molar-refractivity contribution in [2.45, 2.75) is 25.9 Å². The molecule has 1 heterocycles. The van der Waals surface area contributed by atoms with Crippen LogP contribution in [0.1, 0.15) is 20.8 Å². The third-order valence-electron chi connectivity index (χ3n) is 5.47. The first-order valence-electron chi connectivity index (χ1n) is 9.48. The Morgan fingerprint density at radius 2 is 1.41 bits per heavy atom. The molecule has 0 N–H and O–H groups in total. The predicted octanol–water partition coefficient (Wildman–Crippen LogP) is 6.92. The van der Waals surface area contributed by atoms with Gasteiger partial charge in [-0.2, -0.15) is 0 Å². The second-order valence-corrected chi connectivity index (χ2v) is 11.1. The lowest BCUT2D eigenvalue weighted by molar-refractivity contribution is 0.400. The van der Waals surface area contributed by atoms with Crippen LogP contribution in [0, 0.1) is 0 Å². The summed E-state index contributed by atoms with van der Waals surface area (Å²) in [6, 6.07) is 26.4. The van der Waals surface area contributed by atoms with E-state index in [2.05, 4.69) is 93.6 Å². The van der Waals surface area contributed by atoms with Gasteiger partial charge in [0.15, 0.2) is 0 Å². The first kappa shape index (κ1) is 16.8. The van der Waals surface area contributed by atoms with E-state index >= 15 is 0 Å². The normalized spacial score (nSPS) is 16.5. The van der Waals surface area contributed by atoms with Crippen LogP contribution >= 0.6 is 7.92 Å². The number of rotatable bonds is 1. The highest BCUT2D eigenvalue weighted by molar-refractivity contribution is 7.67. The third kappa shape index (κ3) is 2.65. The highest BCUT2D eigenvalue weighted by Gasteiger charge is 2.36. The SMILES string of the molecule is CC(C)(C)P1COc2cccc(-c3c4ccccc4cc4ccccc34)c21.